The van der Waals surface area contributed by atoms with Crippen molar-refractivity contribution in [3.63, 3.8) is 0 Å². The molecule has 0 atom stereocenters. The van der Waals surface area contributed by atoms with Gasteiger partial charge in [0.1, 0.15) is 0 Å². The van der Waals surface area contributed by atoms with Gasteiger partial charge in [-0.05, 0) is 24.3 Å². The second-order valence-electron chi connectivity index (χ2n) is 5.52. The Kier molecular flexibility index (Phi) is 5.41. The number of rotatable bonds is 6. The van der Waals surface area contributed by atoms with E-state index in [1.165, 1.54) is 0 Å². The molecular weight excluding hydrogens is 378 g/mol. The molecule has 0 aliphatic carbocycles. The molecule has 0 unspecified atom stereocenters. The van der Waals surface area contributed by atoms with Gasteiger partial charge in [-0.3, -0.25) is 9.59 Å². The molecule has 0 saturated heterocycles. The largest absolute Gasteiger partial charge is 0.377 e. The summed E-state index contributed by atoms with van der Waals surface area (Å²) in [7, 11) is 0. The molecule has 4 heteroatoms. The highest BCUT2D eigenvalue weighted by molar-refractivity contribution is 9.10. The highest BCUT2D eigenvalue weighted by Crippen LogP contribution is 2.19. The summed E-state index contributed by atoms with van der Waals surface area (Å²) in [5, 5.41) is 3.09. The number of carbonyl (C=O) groups is 2. The lowest BCUT2D eigenvalue weighted by Gasteiger charge is -2.11. The molecule has 3 nitrogen and oxygen atoms in total. The molecule has 0 aromatic heterocycles. The summed E-state index contributed by atoms with van der Waals surface area (Å²) in [5.41, 5.74) is 2.46. The van der Waals surface area contributed by atoms with Crippen LogP contribution in [0.3, 0.4) is 0 Å². The lowest BCUT2D eigenvalue weighted by Crippen LogP contribution is -2.16. The standard InChI is InChI=1S/C21H16BrNO2/c22-17-12-10-15(11-13-17)20(24)14-23-19-9-5-4-8-18(19)21(25)16-6-2-1-3-7-16/h1-13,23H,14H2. The Hall–Kier alpha value is -2.72. The second kappa shape index (κ2) is 7.90. The van der Waals surface area contributed by atoms with Gasteiger partial charge in [-0.1, -0.05) is 70.5 Å². The maximum Gasteiger partial charge on any atom is 0.195 e. The SMILES string of the molecule is O=C(CNc1ccccc1C(=O)c1ccccc1)c1ccc(Br)cc1. The Morgan fingerprint density at radius 2 is 1.40 bits per heavy atom. The summed E-state index contributed by atoms with van der Waals surface area (Å²) < 4.78 is 0.927. The number of ketones is 2. The van der Waals surface area contributed by atoms with Crippen LogP contribution >= 0.6 is 15.9 Å². The van der Waals surface area contributed by atoms with E-state index in [0.717, 1.165) is 4.47 Å². The van der Waals surface area contributed by atoms with Gasteiger partial charge in [0.15, 0.2) is 11.6 Å². The molecule has 0 aliphatic rings. The number of nitrogens with one attached hydrogen (secondary N) is 1. The third kappa shape index (κ3) is 4.22. The van der Waals surface area contributed by atoms with Crippen molar-refractivity contribution in [1.29, 1.82) is 0 Å². The lowest BCUT2D eigenvalue weighted by molar-refractivity contribution is 0.100. The molecule has 3 aromatic rings. The molecule has 0 spiro atoms. The Labute approximate surface area is 154 Å². The van der Waals surface area contributed by atoms with E-state index >= 15 is 0 Å². The number of para-hydroxylation sites is 1. The van der Waals surface area contributed by atoms with E-state index in [4.69, 9.17) is 0 Å². The van der Waals surface area contributed by atoms with Crippen LogP contribution < -0.4 is 5.32 Å². The number of halogens is 1. The minimum Gasteiger partial charge on any atom is -0.377 e. The fourth-order valence-corrected chi connectivity index (χ4v) is 2.76. The fourth-order valence-electron chi connectivity index (χ4n) is 2.49. The number of hydrogen-bond donors (Lipinski definition) is 1. The van der Waals surface area contributed by atoms with Crippen LogP contribution in [-0.2, 0) is 0 Å². The van der Waals surface area contributed by atoms with Crippen LogP contribution in [0.2, 0.25) is 0 Å². The van der Waals surface area contributed by atoms with Gasteiger partial charge >= 0.3 is 0 Å². The summed E-state index contributed by atoms with van der Waals surface area (Å²) >= 11 is 3.35. The Morgan fingerprint density at radius 3 is 2.12 bits per heavy atom. The normalized spacial score (nSPS) is 10.3. The van der Waals surface area contributed by atoms with E-state index in [2.05, 4.69) is 21.2 Å². The monoisotopic (exact) mass is 393 g/mol. The van der Waals surface area contributed by atoms with Crippen molar-refractivity contribution >= 4 is 33.2 Å². The summed E-state index contributed by atoms with van der Waals surface area (Å²) in [6, 6.07) is 23.6. The van der Waals surface area contributed by atoms with Crippen LogP contribution in [0, 0.1) is 0 Å². The first-order valence-corrected chi connectivity index (χ1v) is 8.66. The Morgan fingerprint density at radius 1 is 0.760 bits per heavy atom. The molecule has 0 saturated carbocycles. The molecule has 3 rings (SSSR count). The van der Waals surface area contributed by atoms with Gasteiger partial charge in [0.2, 0.25) is 0 Å². The summed E-state index contributed by atoms with van der Waals surface area (Å²) in [6.07, 6.45) is 0. The number of carbonyl (C=O) groups excluding carboxylic acids is 2. The van der Waals surface area contributed by atoms with Crippen LogP contribution in [0.4, 0.5) is 5.69 Å². The predicted octanol–water partition coefficient (Wildman–Crippen LogP) is 4.97. The number of hydrogen-bond acceptors (Lipinski definition) is 3. The summed E-state index contributed by atoms with van der Waals surface area (Å²) in [5.74, 6) is -0.103. The molecule has 0 bridgehead atoms. The highest BCUT2D eigenvalue weighted by atomic mass is 79.9. The molecule has 25 heavy (non-hydrogen) atoms. The second-order valence-corrected chi connectivity index (χ2v) is 6.44. The fraction of sp³-hybridized carbons (Fsp3) is 0.0476. The van der Waals surface area contributed by atoms with Gasteiger partial charge < -0.3 is 5.32 Å². The van der Waals surface area contributed by atoms with Crippen molar-refractivity contribution in [2.75, 3.05) is 11.9 Å². The van der Waals surface area contributed by atoms with E-state index < -0.39 is 0 Å². The number of benzene rings is 3. The first kappa shape index (κ1) is 17.1. The third-order valence-corrected chi connectivity index (χ3v) is 4.34. The first-order chi connectivity index (χ1) is 12.1. The third-order valence-electron chi connectivity index (χ3n) is 3.81. The van der Waals surface area contributed by atoms with Crippen molar-refractivity contribution < 1.29 is 9.59 Å². The molecule has 0 fully saturated rings. The Bertz CT molecular complexity index is 889. The molecule has 124 valence electrons. The van der Waals surface area contributed by atoms with Gasteiger partial charge in [0.25, 0.3) is 0 Å². The van der Waals surface area contributed by atoms with Crippen LogP contribution in [0.15, 0.2) is 83.3 Å². The van der Waals surface area contributed by atoms with Crippen molar-refractivity contribution in [2.24, 2.45) is 0 Å². The van der Waals surface area contributed by atoms with Gasteiger partial charge in [-0.2, -0.15) is 0 Å². The minimum absolute atomic E-state index is 0.0329. The van der Waals surface area contributed by atoms with Crippen molar-refractivity contribution in [3.05, 3.63) is 100 Å². The molecule has 0 amide bonds. The smallest absolute Gasteiger partial charge is 0.195 e. The maximum absolute atomic E-state index is 12.7. The summed E-state index contributed by atoms with van der Waals surface area (Å²) in [6.45, 7) is 0.126. The van der Waals surface area contributed by atoms with Crippen LogP contribution in [-0.4, -0.2) is 18.1 Å². The maximum atomic E-state index is 12.7. The van der Waals surface area contributed by atoms with E-state index in [-0.39, 0.29) is 18.1 Å². The zero-order valence-corrected chi connectivity index (χ0v) is 15.0. The van der Waals surface area contributed by atoms with Crippen molar-refractivity contribution in [2.45, 2.75) is 0 Å². The van der Waals surface area contributed by atoms with E-state index in [1.54, 1.807) is 30.3 Å². The van der Waals surface area contributed by atoms with Crippen LogP contribution in [0.1, 0.15) is 26.3 Å². The average Bonchev–Trinajstić information content (AvgIpc) is 2.67. The van der Waals surface area contributed by atoms with Crippen LogP contribution in [0.25, 0.3) is 0 Å². The van der Waals surface area contributed by atoms with E-state index in [9.17, 15) is 9.59 Å². The van der Waals surface area contributed by atoms with Gasteiger partial charge in [-0.15, -0.1) is 0 Å². The van der Waals surface area contributed by atoms with Crippen molar-refractivity contribution in [3.8, 4) is 0 Å². The quantitative estimate of drug-likeness (QED) is 0.601. The zero-order chi connectivity index (χ0) is 17.6. The summed E-state index contributed by atoms with van der Waals surface area (Å²) in [4.78, 5) is 25.0. The van der Waals surface area contributed by atoms with E-state index in [0.29, 0.717) is 22.4 Å². The van der Waals surface area contributed by atoms with Crippen LogP contribution in [0.5, 0.6) is 0 Å². The molecule has 0 heterocycles. The molecule has 0 radical (unpaired) electrons. The number of Topliss-reactive ketones (excluding diaryl/α,β-unsaturated/α-hetero) is 1. The van der Waals surface area contributed by atoms with Crippen molar-refractivity contribution in [1.82, 2.24) is 0 Å². The number of anilines is 1. The lowest BCUT2D eigenvalue weighted by atomic mass is 10.0. The highest BCUT2D eigenvalue weighted by Gasteiger charge is 2.14. The van der Waals surface area contributed by atoms with Gasteiger partial charge in [0, 0.05) is 26.9 Å². The molecule has 1 N–H and O–H groups in total. The predicted molar refractivity (Wildman–Crippen MR) is 103 cm³/mol. The minimum atomic E-state index is -0.0696. The topological polar surface area (TPSA) is 46.2 Å². The molecule has 3 aromatic carbocycles. The molecule has 0 aliphatic heterocycles. The molecular formula is C21H16BrNO2. The zero-order valence-electron chi connectivity index (χ0n) is 13.4. The van der Waals surface area contributed by atoms with Gasteiger partial charge in [0.05, 0.1) is 6.54 Å². The van der Waals surface area contributed by atoms with Gasteiger partial charge in [-0.25, -0.2) is 0 Å². The first-order valence-electron chi connectivity index (χ1n) is 7.86. The average molecular weight is 394 g/mol. The Balaban J connectivity index is 1.76. The van der Waals surface area contributed by atoms with E-state index in [1.807, 2.05) is 48.5 Å².